The molecule has 0 spiro atoms. The zero-order valence-electron chi connectivity index (χ0n) is 14.3. The van der Waals surface area contributed by atoms with Crippen molar-refractivity contribution in [2.45, 2.75) is 26.4 Å². The Balaban J connectivity index is 1.82. The van der Waals surface area contributed by atoms with E-state index in [1.165, 1.54) is 27.7 Å². The normalized spacial score (nSPS) is 14.8. The van der Waals surface area contributed by atoms with E-state index in [2.05, 4.69) is 58.2 Å². The predicted octanol–water partition coefficient (Wildman–Crippen LogP) is 3.44. The molecule has 0 amide bonds. The molecule has 0 radical (unpaired) electrons. The van der Waals surface area contributed by atoms with E-state index >= 15 is 0 Å². The first-order chi connectivity index (χ1) is 11.6. The van der Waals surface area contributed by atoms with Gasteiger partial charge < -0.3 is 9.47 Å². The summed E-state index contributed by atoms with van der Waals surface area (Å²) in [5.74, 6) is 0. The van der Waals surface area contributed by atoms with Gasteiger partial charge in [0.15, 0.2) is 0 Å². The molecule has 4 heteroatoms. The van der Waals surface area contributed by atoms with Crippen LogP contribution in [0.1, 0.15) is 22.5 Å². The van der Waals surface area contributed by atoms with Gasteiger partial charge in [0.25, 0.3) is 0 Å². The largest absolute Gasteiger partial charge is 0.340 e. The van der Waals surface area contributed by atoms with Crippen LogP contribution in [0, 0.1) is 6.92 Å². The summed E-state index contributed by atoms with van der Waals surface area (Å²) in [6.45, 7) is 9.29. The van der Waals surface area contributed by atoms with E-state index in [1.54, 1.807) is 18.6 Å². The Labute approximate surface area is 142 Å². The summed E-state index contributed by atoms with van der Waals surface area (Å²) in [6.07, 6.45) is 6.29. The topological polar surface area (TPSA) is 34.0 Å². The van der Waals surface area contributed by atoms with Crippen molar-refractivity contribution in [2.24, 2.45) is 0 Å². The maximum absolute atomic E-state index is 4.39. The van der Waals surface area contributed by atoms with E-state index in [0.29, 0.717) is 0 Å². The van der Waals surface area contributed by atoms with Gasteiger partial charge in [-0.3, -0.25) is 9.97 Å². The van der Waals surface area contributed by atoms with Crippen LogP contribution in [-0.4, -0.2) is 33.0 Å². The summed E-state index contributed by atoms with van der Waals surface area (Å²) >= 11 is 0. The minimum Gasteiger partial charge on any atom is -0.340 e. The van der Waals surface area contributed by atoms with Gasteiger partial charge in [0, 0.05) is 55.0 Å². The average molecular weight is 318 g/mol. The molecule has 2 aromatic heterocycles. The molecule has 1 aliphatic heterocycles. The number of rotatable bonds is 3. The maximum atomic E-state index is 4.39. The number of aromatic nitrogens is 3. The lowest BCUT2D eigenvalue weighted by atomic mass is 10.0. The van der Waals surface area contributed by atoms with E-state index in [9.17, 15) is 0 Å². The molecule has 0 bridgehead atoms. The van der Waals surface area contributed by atoms with Crippen molar-refractivity contribution in [3.8, 4) is 0 Å². The lowest BCUT2D eigenvalue weighted by molar-refractivity contribution is 0.310. The molecular weight excluding hydrogens is 296 g/mol. The Kier molecular flexibility index (Phi) is 3.69. The number of fused-ring (bicyclic) bond motifs is 3. The second-order valence-corrected chi connectivity index (χ2v) is 6.71. The number of aryl methyl sites for hydroxylation is 1. The quantitative estimate of drug-likeness (QED) is 0.742. The summed E-state index contributed by atoms with van der Waals surface area (Å²) in [5, 5.41) is 1.38. The molecular formula is C20H22N4. The van der Waals surface area contributed by atoms with Gasteiger partial charge in [-0.05, 0) is 37.2 Å². The van der Waals surface area contributed by atoms with Crippen molar-refractivity contribution in [2.75, 3.05) is 13.6 Å². The Hall–Kier alpha value is -2.46. The van der Waals surface area contributed by atoms with Crippen LogP contribution in [0.5, 0.6) is 0 Å². The number of hydrogen-bond acceptors (Lipinski definition) is 3. The highest BCUT2D eigenvalue weighted by atomic mass is 15.1. The molecule has 1 aliphatic rings. The third-order valence-electron chi connectivity index (χ3n) is 4.87. The first-order valence-electron chi connectivity index (χ1n) is 8.37. The molecule has 122 valence electrons. The fraction of sp³-hybridized carbons (Fsp3) is 0.300. The number of hydrogen-bond donors (Lipinski definition) is 0. The lowest BCUT2D eigenvalue weighted by Crippen LogP contribution is -2.27. The lowest BCUT2D eigenvalue weighted by Gasteiger charge is -2.24. The zero-order valence-corrected chi connectivity index (χ0v) is 14.3. The molecule has 0 unspecified atom stereocenters. The van der Waals surface area contributed by atoms with Crippen molar-refractivity contribution in [1.82, 2.24) is 19.4 Å². The third kappa shape index (κ3) is 2.53. The van der Waals surface area contributed by atoms with Gasteiger partial charge in [-0.25, -0.2) is 0 Å². The molecule has 4 nitrogen and oxygen atoms in total. The van der Waals surface area contributed by atoms with Gasteiger partial charge in [-0.2, -0.15) is 0 Å². The fourth-order valence-electron chi connectivity index (χ4n) is 3.63. The number of likely N-dealkylation sites (N-methyl/N-ethyl adjacent to an activating group) is 1. The molecule has 0 saturated carbocycles. The molecule has 0 N–H and O–H groups in total. The third-order valence-corrected chi connectivity index (χ3v) is 4.87. The maximum Gasteiger partial charge on any atom is 0.0856 e. The summed E-state index contributed by atoms with van der Waals surface area (Å²) in [4.78, 5) is 11.0. The summed E-state index contributed by atoms with van der Waals surface area (Å²) in [7, 11) is 2.19. The summed E-state index contributed by atoms with van der Waals surface area (Å²) in [5.41, 5.74) is 7.39. The molecule has 0 saturated heterocycles. The van der Waals surface area contributed by atoms with E-state index in [4.69, 9.17) is 0 Å². The van der Waals surface area contributed by atoms with E-state index in [0.717, 1.165) is 37.3 Å². The summed E-state index contributed by atoms with van der Waals surface area (Å²) in [6, 6.07) is 6.75. The Bertz CT molecular complexity index is 908. The van der Waals surface area contributed by atoms with Crippen molar-refractivity contribution < 1.29 is 0 Å². The first-order valence-corrected chi connectivity index (χ1v) is 8.37. The summed E-state index contributed by atoms with van der Waals surface area (Å²) < 4.78 is 2.42. The SMILES string of the molecule is C=C(Cn1c2c(c3cc(C)ccc31)CN(C)CC2)c1cnccn1. The van der Waals surface area contributed by atoms with Crippen molar-refractivity contribution in [3.63, 3.8) is 0 Å². The molecule has 3 aromatic rings. The number of benzene rings is 1. The highest BCUT2D eigenvalue weighted by Crippen LogP contribution is 2.32. The van der Waals surface area contributed by atoms with E-state index in [-0.39, 0.29) is 0 Å². The minimum atomic E-state index is 0.761. The minimum absolute atomic E-state index is 0.761. The number of nitrogens with zero attached hydrogens (tertiary/aromatic N) is 4. The van der Waals surface area contributed by atoms with Crippen molar-refractivity contribution >= 4 is 16.5 Å². The van der Waals surface area contributed by atoms with Crippen LogP contribution >= 0.6 is 0 Å². The second-order valence-electron chi connectivity index (χ2n) is 6.71. The molecule has 0 aliphatic carbocycles. The molecule has 3 heterocycles. The Morgan fingerprint density at radius 2 is 2.17 bits per heavy atom. The molecule has 0 fully saturated rings. The van der Waals surface area contributed by atoms with E-state index < -0.39 is 0 Å². The first kappa shape index (κ1) is 15.1. The van der Waals surface area contributed by atoms with Crippen molar-refractivity contribution in [3.05, 3.63) is 65.9 Å². The van der Waals surface area contributed by atoms with Crippen LogP contribution in [0.25, 0.3) is 16.5 Å². The van der Waals surface area contributed by atoms with Crippen LogP contribution in [0.15, 0.2) is 43.4 Å². The second kappa shape index (κ2) is 5.87. The van der Waals surface area contributed by atoms with Gasteiger partial charge in [0.2, 0.25) is 0 Å². The smallest absolute Gasteiger partial charge is 0.0856 e. The van der Waals surface area contributed by atoms with E-state index in [1.807, 2.05) is 0 Å². The molecule has 0 atom stereocenters. The van der Waals surface area contributed by atoms with Crippen LogP contribution in [0.2, 0.25) is 0 Å². The van der Waals surface area contributed by atoms with Crippen LogP contribution in [0.3, 0.4) is 0 Å². The predicted molar refractivity (Wildman–Crippen MR) is 97.8 cm³/mol. The van der Waals surface area contributed by atoms with Gasteiger partial charge in [-0.15, -0.1) is 0 Å². The molecule has 4 rings (SSSR count). The zero-order chi connectivity index (χ0) is 16.7. The molecule has 24 heavy (non-hydrogen) atoms. The Morgan fingerprint density at radius 3 is 2.96 bits per heavy atom. The van der Waals surface area contributed by atoms with Crippen LogP contribution in [0.4, 0.5) is 0 Å². The Morgan fingerprint density at radius 1 is 1.29 bits per heavy atom. The van der Waals surface area contributed by atoms with Gasteiger partial charge in [0.05, 0.1) is 11.9 Å². The average Bonchev–Trinajstić information content (AvgIpc) is 2.88. The fourth-order valence-corrected chi connectivity index (χ4v) is 3.63. The number of allylic oxidation sites excluding steroid dienone is 1. The monoisotopic (exact) mass is 318 g/mol. The van der Waals surface area contributed by atoms with Gasteiger partial charge in [0.1, 0.15) is 0 Å². The van der Waals surface area contributed by atoms with Crippen molar-refractivity contribution in [1.29, 1.82) is 0 Å². The van der Waals surface area contributed by atoms with Crippen LogP contribution in [-0.2, 0) is 19.5 Å². The standard InChI is InChI=1S/C20H22N4/c1-14-4-5-19-16(10-14)17-13-23(3)9-6-20(17)24(19)12-15(2)18-11-21-7-8-22-18/h4-5,7-8,10-11H,2,6,9,12-13H2,1,3H3. The van der Waals surface area contributed by atoms with Gasteiger partial charge in [-0.1, -0.05) is 18.2 Å². The van der Waals surface area contributed by atoms with Gasteiger partial charge >= 0.3 is 0 Å². The highest BCUT2D eigenvalue weighted by Gasteiger charge is 2.22. The van der Waals surface area contributed by atoms with Crippen LogP contribution < -0.4 is 0 Å². The molecule has 1 aromatic carbocycles. The highest BCUT2D eigenvalue weighted by molar-refractivity contribution is 5.87.